The summed E-state index contributed by atoms with van der Waals surface area (Å²) in [7, 11) is 0. The second-order valence-corrected chi connectivity index (χ2v) is 3.13. The number of aromatic nitrogens is 2. The van der Waals surface area contributed by atoms with E-state index in [1.54, 1.807) is 0 Å². The smallest absolute Gasteiger partial charge is 0.154 e. The second kappa shape index (κ2) is 2.23. The van der Waals surface area contributed by atoms with Crippen LogP contribution >= 0.6 is 15.9 Å². The normalized spacial score (nSPS) is 10.6. The van der Waals surface area contributed by atoms with Gasteiger partial charge >= 0.3 is 0 Å². The van der Waals surface area contributed by atoms with Gasteiger partial charge in [-0.05, 0) is 28.1 Å². The average Bonchev–Trinajstić information content (AvgIpc) is 2.34. The standard InChI is InChI=1S/C7H6BrN3/c8-4-2-1-3-5-6(4)7(9)11-10-5/h1-3H,(H3,9,10,11). The summed E-state index contributed by atoms with van der Waals surface area (Å²) in [6, 6.07) is 5.81. The van der Waals surface area contributed by atoms with E-state index in [2.05, 4.69) is 26.1 Å². The number of fused-ring (bicyclic) bond motifs is 1. The Hall–Kier alpha value is -1.03. The van der Waals surface area contributed by atoms with Crippen LogP contribution in [0.25, 0.3) is 10.9 Å². The number of halogens is 1. The molecule has 3 nitrogen and oxygen atoms in total. The van der Waals surface area contributed by atoms with Crippen LogP contribution < -0.4 is 5.73 Å². The molecule has 1 aromatic heterocycles. The Labute approximate surface area is 71.7 Å². The lowest BCUT2D eigenvalue weighted by Crippen LogP contribution is -1.83. The summed E-state index contributed by atoms with van der Waals surface area (Å²) >= 11 is 3.39. The number of nitrogens with one attached hydrogen (secondary N) is 1. The summed E-state index contributed by atoms with van der Waals surface area (Å²) in [5, 5.41) is 7.65. The van der Waals surface area contributed by atoms with Gasteiger partial charge in [0.15, 0.2) is 5.82 Å². The fraction of sp³-hybridized carbons (Fsp3) is 0. The SMILES string of the molecule is Nc1n[nH]c2cccc(Br)c12. The maximum absolute atomic E-state index is 5.60. The molecule has 0 aliphatic carbocycles. The molecule has 56 valence electrons. The average molecular weight is 212 g/mol. The lowest BCUT2D eigenvalue weighted by atomic mass is 10.2. The van der Waals surface area contributed by atoms with Crippen molar-refractivity contribution in [1.29, 1.82) is 0 Å². The summed E-state index contributed by atoms with van der Waals surface area (Å²) in [6.07, 6.45) is 0. The number of benzene rings is 1. The Morgan fingerprint density at radius 3 is 3.00 bits per heavy atom. The number of hydrogen-bond donors (Lipinski definition) is 2. The number of nitrogens with zero attached hydrogens (tertiary/aromatic N) is 1. The van der Waals surface area contributed by atoms with Gasteiger partial charge in [-0.3, -0.25) is 5.10 Å². The molecule has 0 spiro atoms. The molecule has 0 radical (unpaired) electrons. The number of nitrogen functional groups attached to an aromatic ring is 1. The summed E-state index contributed by atoms with van der Waals surface area (Å²) in [5.41, 5.74) is 6.56. The van der Waals surface area contributed by atoms with Crippen LogP contribution in [0, 0.1) is 0 Å². The molecule has 0 bridgehead atoms. The predicted molar refractivity (Wildman–Crippen MR) is 48.2 cm³/mol. The largest absolute Gasteiger partial charge is 0.382 e. The van der Waals surface area contributed by atoms with E-state index >= 15 is 0 Å². The Bertz CT molecular complexity index is 393. The lowest BCUT2D eigenvalue weighted by Gasteiger charge is -1.91. The number of rotatable bonds is 0. The van der Waals surface area contributed by atoms with Crippen molar-refractivity contribution >= 4 is 32.7 Å². The molecule has 3 N–H and O–H groups in total. The van der Waals surface area contributed by atoms with Crippen LogP contribution in [0.15, 0.2) is 22.7 Å². The Balaban J connectivity index is 2.96. The highest BCUT2D eigenvalue weighted by Gasteiger charge is 2.03. The quantitative estimate of drug-likeness (QED) is 0.700. The van der Waals surface area contributed by atoms with E-state index in [0.717, 1.165) is 15.4 Å². The van der Waals surface area contributed by atoms with Crippen LogP contribution in [-0.4, -0.2) is 10.2 Å². The molecule has 0 saturated heterocycles. The van der Waals surface area contributed by atoms with Crippen LogP contribution in [0.5, 0.6) is 0 Å². The molecule has 0 aliphatic heterocycles. The van der Waals surface area contributed by atoms with Gasteiger partial charge in [-0.1, -0.05) is 6.07 Å². The Kier molecular flexibility index (Phi) is 1.35. The summed E-state index contributed by atoms with van der Waals surface area (Å²) in [4.78, 5) is 0. The first kappa shape index (κ1) is 6.67. The molecular weight excluding hydrogens is 206 g/mol. The molecule has 2 aromatic rings. The van der Waals surface area contributed by atoms with Crippen LogP contribution in [0.3, 0.4) is 0 Å². The molecule has 0 amide bonds. The van der Waals surface area contributed by atoms with Crippen molar-refractivity contribution in [1.82, 2.24) is 10.2 Å². The fourth-order valence-corrected chi connectivity index (χ4v) is 1.62. The van der Waals surface area contributed by atoms with Crippen molar-refractivity contribution in [2.45, 2.75) is 0 Å². The van der Waals surface area contributed by atoms with Crippen LogP contribution in [0.2, 0.25) is 0 Å². The zero-order chi connectivity index (χ0) is 7.84. The van der Waals surface area contributed by atoms with E-state index in [0.29, 0.717) is 5.82 Å². The molecule has 11 heavy (non-hydrogen) atoms. The van der Waals surface area contributed by atoms with Crippen LogP contribution in [-0.2, 0) is 0 Å². The molecule has 0 atom stereocenters. The first-order chi connectivity index (χ1) is 5.29. The molecule has 0 fully saturated rings. The van der Waals surface area contributed by atoms with Crippen molar-refractivity contribution in [3.63, 3.8) is 0 Å². The number of aromatic amines is 1. The predicted octanol–water partition coefficient (Wildman–Crippen LogP) is 1.91. The van der Waals surface area contributed by atoms with Gasteiger partial charge in [-0.25, -0.2) is 0 Å². The minimum Gasteiger partial charge on any atom is -0.382 e. The summed E-state index contributed by atoms with van der Waals surface area (Å²) in [5.74, 6) is 0.535. The summed E-state index contributed by atoms with van der Waals surface area (Å²) < 4.78 is 0.973. The maximum atomic E-state index is 5.60. The number of anilines is 1. The third-order valence-corrected chi connectivity index (χ3v) is 2.23. The molecule has 2 rings (SSSR count). The van der Waals surface area contributed by atoms with Crippen LogP contribution in [0.4, 0.5) is 5.82 Å². The van der Waals surface area contributed by atoms with Crippen molar-refractivity contribution in [3.05, 3.63) is 22.7 Å². The first-order valence-corrected chi connectivity index (χ1v) is 3.96. The topological polar surface area (TPSA) is 54.7 Å². The van der Waals surface area contributed by atoms with E-state index in [9.17, 15) is 0 Å². The molecule has 1 heterocycles. The van der Waals surface area contributed by atoms with Gasteiger partial charge in [0.1, 0.15) is 0 Å². The maximum Gasteiger partial charge on any atom is 0.154 e. The van der Waals surface area contributed by atoms with E-state index < -0.39 is 0 Å². The van der Waals surface area contributed by atoms with Gasteiger partial charge in [-0.15, -0.1) is 0 Å². The lowest BCUT2D eigenvalue weighted by molar-refractivity contribution is 1.13. The molecular formula is C7H6BrN3. The third kappa shape index (κ3) is 0.903. The Morgan fingerprint density at radius 2 is 2.27 bits per heavy atom. The van der Waals surface area contributed by atoms with Gasteiger partial charge in [0.05, 0.1) is 10.9 Å². The third-order valence-electron chi connectivity index (χ3n) is 1.57. The van der Waals surface area contributed by atoms with Crippen molar-refractivity contribution in [3.8, 4) is 0 Å². The minimum absolute atomic E-state index is 0.535. The van der Waals surface area contributed by atoms with E-state index in [1.165, 1.54) is 0 Å². The van der Waals surface area contributed by atoms with E-state index in [1.807, 2.05) is 18.2 Å². The van der Waals surface area contributed by atoms with Gasteiger partial charge in [-0.2, -0.15) is 5.10 Å². The van der Waals surface area contributed by atoms with Gasteiger partial charge in [0.25, 0.3) is 0 Å². The zero-order valence-electron chi connectivity index (χ0n) is 5.63. The van der Waals surface area contributed by atoms with Crippen molar-refractivity contribution in [2.24, 2.45) is 0 Å². The minimum atomic E-state index is 0.535. The Morgan fingerprint density at radius 1 is 1.45 bits per heavy atom. The molecule has 0 unspecified atom stereocenters. The van der Waals surface area contributed by atoms with Crippen molar-refractivity contribution in [2.75, 3.05) is 5.73 Å². The highest BCUT2D eigenvalue weighted by molar-refractivity contribution is 9.10. The number of hydrogen-bond acceptors (Lipinski definition) is 2. The fourth-order valence-electron chi connectivity index (χ4n) is 1.05. The summed E-state index contributed by atoms with van der Waals surface area (Å²) in [6.45, 7) is 0. The highest BCUT2D eigenvalue weighted by atomic mass is 79.9. The van der Waals surface area contributed by atoms with Gasteiger partial charge in [0, 0.05) is 4.47 Å². The molecule has 4 heteroatoms. The first-order valence-electron chi connectivity index (χ1n) is 3.17. The highest BCUT2D eigenvalue weighted by Crippen LogP contribution is 2.26. The van der Waals surface area contributed by atoms with Gasteiger partial charge in [0.2, 0.25) is 0 Å². The zero-order valence-corrected chi connectivity index (χ0v) is 7.22. The van der Waals surface area contributed by atoms with E-state index in [-0.39, 0.29) is 0 Å². The monoisotopic (exact) mass is 211 g/mol. The van der Waals surface area contributed by atoms with Crippen LogP contribution in [0.1, 0.15) is 0 Å². The van der Waals surface area contributed by atoms with Crippen molar-refractivity contribution < 1.29 is 0 Å². The molecule has 0 saturated carbocycles. The van der Waals surface area contributed by atoms with E-state index in [4.69, 9.17) is 5.73 Å². The molecule has 0 aliphatic rings. The second-order valence-electron chi connectivity index (χ2n) is 2.27. The number of nitrogens with two attached hydrogens (primary N) is 1. The van der Waals surface area contributed by atoms with Gasteiger partial charge < -0.3 is 5.73 Å². The molecule has 1 aromatic carbocycles. The number of H-pyrrole nitrogens is 1.